The molecule has 0 aromatic carbocycles. The van der Waals surface area contributed by atoms with Gasteiger partial charge in [0.2, 0.25) is 0 Å². The van der Waals surface area contributed by atoms with E-state index in [1.165, 1.54) is 11.3 Å². The maximum absolute atomic E-state index is 4.08. The molecular formula is C11H14N2. The molecule has 13 heavy (non-hydrogen) atoms. The van der Waals surface area contributed by atoms with E-state index in [1.54, 1.807) is 0 Å². The summed E-state index contributed by atoms with van der Waals surface area (Å²) in [6.45, 7) is 4.43. The van der Waals surface area contributed by atoms with Gasteiger partial charge in [-0.25, -0.2) is 0 Å². The van der Waals surface area contributed by atoms with Crippen molar-refractivity contribution in [3.05, 3.63) is 30.1 Å². The Bertz CT molecular complexity index is 329. The highest BCUT2D eigenvalue weighted by Crippen LogP contribution is 2.23. The summed E-state index contributed by atoms with van der Waals surface area (Å²) in [5.41, 5.74) is 2.37. The molecule has 1 aliphatic rings. The fraction of sp³-hybridized carbons (Fsp3) is 0.364. The topological polar surface area (TPSA) is 24.9 Å². The van der Waals surface area contributed by atoms with Gasteiger partial charge in [-0.2, -0.15) is 0 Å². The van der Waals surface area contributed by atoms with Crippen molar-refractivity contribution in [3.63, 3.8) is 0 Å². The summed E-state index contributed by atoms with van der Waals surface area (Å²) in [6.07, 6.45) is 8.05. The Kier molecular flexibility index (Phi) is 2.05. The van der Waals surface area contributed by atoms with Crippen LogP contribution in [-0.2, 0) is 0 Å². The van der Waals surface area contributed by atoms with E-state index in [2.05, 4.69) is 36.3 Å². The van der Waals surface area contributed by atoms with Crippen molar-refractivity contribution in [3.8, 4) is 0 Å². The molecular weight excluding hydrogens is 160 g/mol. The second kappa shape index (κ2) is 3.21. The SMILES string of the molecule is CC(C)C1C=Cc2cnccc2N1. The van der Waals surface area contributed by atoms with E-state index >= 15 is 0 Å². The summed E-state index contributed by atoms with van der Waals surface area (Å²) in [7, 11) is 0. The fourth-order valence-electron chi connectivity index (χ4n) is 1.49. The minimum absolute atomic E-state index is 0.454. The van der Waals surface area contributed by atoms with E-state index in [1.807, 2.05) is 18.5 Å². The van der Waals surface area contributed by atoms with Gasteiger partial charge in [0, 0.05) is 29.7 Å². The van der Waals surface area contributed by atoms with Gasteiger partial charge >= 0.3 is 0 Å². The van der Waals surface area contributed by atoms with Crippen LogP contribution in [0.5, 0.6) is 0 Å². The van der Waals surface area contributed by atoms with Crippen LogP contribution in [0.25, 0.3) is 6.08 Å². The van der Waals surface area contributed by atoms with Crippen LogP contribution in [0.3, 0.4) is 0 Å². The first-order chi connectivity index (χ1) is 6.27. The average Bonchev–Trinajstić information content (AvgIpc) is 2.17. The van der Waals surface area contributed by atoms with Gasteiger partial charge in [0.05, 0.1) is 0 Å². The number of nitrogens with one attached hydrogen (secondary N) is 1. The second-order valence-corrected chi connectivity index (χ2v) is 3.74. The van der Waals surface area contributed by atoms with Gasteiger partial charge in [-0.15, -0.1) is 0 Å². The van der Waals surface area contributed by atoms with Crippen molar-refractivity contribution < 1.29 is 0 Å². The molecule has 1 N–H and O–H groups in total. The first-order valence-corrected chi connectivity index (χ1v) is 4.66. The predicted molar refractivity (Wildman–Crippen MR) is 55.5 cm³/mol. The molecule has 1 aromatic rings. The molecule has 2 nitrogen and oxygen atoms in total. The minimum atomic E-state index is 0.454. The molecule has 2 rings (SSSR count). The Morgan fingerprint density at radius 1 is 1.46 bits per heavy atom. The van der Waals surface area contributed by atoms with E-state index in [0.717, 1.165) is 0 Å². The van der Waals surface area contributed by atoms with Crippen LogP contribution in [0.2, 0.25) is 0 Å². The third-order valence-corrected chi connectivity index (χ3v) is 2.38. The van der Waals surface area contributed by atoms with Crippen LogP contribution in [0.15, 0.2) is 24.5 Å². The summed E-state index contributed by atoms with van der Waals surface area (Å²) >= 11 is 0. The van der Waals surface area contributed by atoms with Crippen molar-refractivity contribution in [2.45, 2.75) is 19.9 Å². The monoisotopic (exact) mass is 174 g/mol. The van der Waals surface area contributed by atoms with Crippen LogP contribution >= 0.6 is 0 Å². The quantitative estimate of drug-likeness (QED) is 0.707. The number of hydrogen-bond donors (Lipinski definition) is 1. The highest BCUT2D eigenvalue weighted by molar-refractivity contribution is 5.69. The van der Waals surface area contributed by atoms with Crippen LogP contribution in [-0.4, -0.2) is 11.0 Å². The van der Waals surface area contributed by atoms with E-state index < -0.39 is 0 Å². The third kappa shape index (κ3) is 1.57. The molecule has 2 heterocycles. The molecule has 0 radical (unpaired) electrons. The molecule has 1 aromatic heterocycles. The lowest BCUT2D eigenvalue weighted by Gasteiger charge is -2.24. The summed E-state index contributed by atoms with van der Waals surface area (Å²) in [6, 6.07) is 2.48. The van der Waals surface area contributed by atoms with Gasteiger partial charge in [-0.05, 0) is 12.0 Å². The van der Waals surface area contributed by atoms with Gasteiger partial charge in [0.1, 0.15) is 0 Å². The second-order valence-electron chi connectivity index (χ2n) is 3.74. The Labute approximate surface area is 78.7 Å². The maximum Gasteiger partial charge on any atom is 0.0470 e. The van der Waals surface area contributed by atoms with Crippen LogP contribution in [0.4, 0.5) is 5.69 Å². The highest BCUT2D eigenvalue weighted by atomic mass is 14.9. The zero-order chi connectivity index (χ0) is 9.26. The summed E-state index contributed by atoms with van der Waals surface area (Å²) < 4.78 is 0. The van der Waals surface area contributed by atoms with Gasteiger partial charge in [0.15, 0.2) is 0 Å². The molecule has 0 saturated heterocycles. The average molecular weight is 174 g/mol. The number of anilines is 1. The van der Waals surface area contributed by atoms with Crippen LogP contribution in [0.1, 0.15) is 19.4 Å². The molecule has 2 heteroatoms. The Balaban J connectivity index is 2.29. The Morgan fingerprint density at radius 2 is 2.31 bits per heavy atom. The zero-order valence-corrected chi connectivity index (χ0v) is 7.99. The molecule has 1 atom stereocenters. The van der Waals surface area contributed by atoms with Crippen molar-refractivity contribution in [2.24, 2.45) is 5.92 Å². The molecule has 0 aliphatic carbocycles. The summed E-state index contributed by atoms with van der Waals surface area (Å²) in [4.78, 5) is 4.08. The smallest absolute Gasteiger partial charge is 0.0470 e. The lowest BCUT2D eigenvalue weighted by Crippen LogP contribution is -2.25. The number of pyridine rings is 1. The lowest BCUT2D eigenvalue weighted by molar-refractivity contribution is 0.600. The molecule has 0 saturated carbocycles. The highest BCUT2D eigenvalue weighted by Gasteiger charge is 2.14. The number of aromatic nitrogens is 1. The van der Waals surface area contributed by atoms with Gasteiger partial charge in [-0.3, -0.25) is 4.98 Å². The van der Waals surface area contributed by atoms with Crippen molar-refractivity contribution in [1.29, 1.82) is 0 Å². The minimum Gasteiger partial charge on any atom is -0.378 e. The first-order valence-electron chi connectivity index (χ1n) is 4.66. The number of nitrogens with zero attached hydrogens (tertiary/aromatic N) is 1. The fourth-order valence-corrected chi connectivity index (χ4v) is 1.49. The van der Waals surface area contributed by atoms with Gasteiger partial charge in [-0.1, -0.05) is 26.0 Å². The first kappa shape index (κ1) is 8.30. The molecule has 0 bridgehead atoms. The maximum atomic E-state index is 4.08. The van der Waals surface area contributed by atoms with Gasteiger partial charge < -0.3 is 5.32 Å². The Hall–Kier alpha value is -1.31. The molecule has 0 fully saturated rings. The van der Waals surface area contributed by atoms with E-state index in [-0.39, 0.29) is 0 Å². The molecule has 1 unspecified atom stereocenters. The number of fused-ring (bicyclic) bond motifs is 1. The van der Waals surface area contributed by atoms with E-state index in [0.29, 0.717) is 12.0 Å². The van der Waals surface area contributed by atoms with E-state index in [4.69, 9.17) is 0 Å². The normalized spacial score (nSPS) is 19.8. The molecule has 68 valence electrons. The van der Waals surface area contributed by atoms with Crippen LogP contribution in [0, 0.1) is 5.92 Å². The van der Waals surface area contributed by atoms with Crippen molar-refractivity contribution in [1.82, 2.24) is 4.98 Å². The standard InChI is InChI=1S/C11H14N2/c1-8(2)10-4-3-9-7-12-6-5-11(9)13-10/h3-8,10,13H,1-2H3. The van der Waals surface area contributed by atoms with Crippen molar-refractivity contribution in [2.75, 3.05) is 5.32 Å². The largest absolute Gasteiger partial charge is 0.378 e. The molecule has 0 amide bonds. The Morgan fingerprint density at radius 3 is 3.08 bits per heavy atom. The third-order valence-electron chi connectivity index (χ3n) is 2.38. The molecule has 0 spiro atoms. The van der Waals surface area contributed by atoms with Crippen LogP contribution < -0.4 is 5.32 Å². The summed E-state index contributed by atoms with van der Waals surface area (Å²) in [5, 5.41) is 3.47. The summed E-state index contributed by atoms with van der Waals surface area (Å²) in [5.74, 6) is 0.623. The lowest BCUT2D eigenvalue weighted by atomic mass is 9.99. The number of hydrogen-bond acceptors (Lipinski definition) is 2. The molecule has 1 aliphatic heterocycles. The zero-order valence-electron chi connectivity index (χ0n) is 7.99. The number of rotatable bonds is 1. The van der Waals surface area contributed by atoms with Gasteiger partial charge in [0.25, 0.3) is 0 Å². The van der Waals surface area contributed by atoms with Crippen molar-refractivity contribution >= 4 is 11.8 Å². The predicted octanol–water partition coefficient (Wildman–Crippen LogP) is 2.54. The van der Waals surface area contributed by atoms with E-state index in [9.17, 15) is 0 Å².